The van der Waals surface area contributed by atoms with Crippen LogP contribution in [0.4, 0.5) is 13.2 Å². The van der Waals surface area contributed by atoms with Crippen LogP contribution >= 0.6 is 0 Å². The van der Waals surface area contributed by atoms with Crippen LogP contribution in [0.15, 0.2) is 16.7 Å². The summed E-state index contributed by atoms with van der Waals surface area (Å²) in [5.74, 6) is 0.247. The van der Waals surface area contributed by atoms with Crippen molar-refractivity contribution in [3.05, 3.63) is 23.7 Å². The van der Waals surface area contributed by atoms with Crippen molar-refractivity contribution in [1.29, 1.82) is 0 Å². The van der Waals surface area contributed by atoms with E-state index < -0.39 is 12.7 Å². The first kappa shape index (κ1) is 15.6. The van der Waals surface area contributed by atoms with Crippen molar-refractivity contribution in [3.8, 4) is 0 Å². The smallest absolute Gasteiger partial charge is 0.401 e. The molecule has 0 saturated carbocycles. The van der Waals surface area contributed by atoms with Crippen LogP contribution in [0.3, 0.4) is 0 Å². The fourth-order valence-corrected chi connectivity index (χ4v) is 1.65. The molecule has 1 heterocycles. The Morgan fingerprint density at radius 3 is 2.68 bits per heavy atom. The van der Waals surface area contributed by atoms with E-state index in [-0.39, 0.29) is 12.5 Å². The lowest BCUT2D eigenvalue weighted by Crippen LogP contribution is -2.33. The third-order valence-electron chi connectivity index (χ3n) is 2.55. The zero-order valence-electron chi connectivity index (χ0n) is 10.9. The molecule has 0 aliphatic carbocycles. The molecule has 7 heteroatoms. The molecular weight excluding hydrogens is 261 g/mol. The maximum Gasteiger partial charge on any atom is 0.401 e. The summed E-state index contributed by atoms with van der Waals surface area (Å²) in [6.07, 6.45) is -2.32. The summed E-state index contributed by atoms with van der Waals surface area (Å²) in [5.41, 5.74) is 0.448. The number of alkyl halides is 3. The molecule has 1 aromatic rings. The Morgan fingerprint density at radius 2 is 2.16 bits per heavy atom. The predicted molar refractivity (Wildman–Crippen MR) is 63.9 cm³/mol. The van der Waals surface area contributed by atoms with E-state index in [0.717, 1.165) is 0 Å². The number of furan rings is 1. The van der Waals surface area contributed by atoms with E-state index in [9.17, 15) is 18.0 Å². The van der Waals surface area contributed by atoms with Gasteiger partial charge in [0.05, 0.1) is 18.4 Å². The van der Waals surface area contributed by atoms with Crippen molar-refractivity contribution in [2.75, 3.05) is 26.7 Å². The van der Waals surface area contributed by atoms with Gasteiger partial charge in [0.25, 0.3) is 5.91 Å². The molecule has 4 nitrogen and oxygen atoms in total. The SMILES string of the molecule is Cc1occc1C(=O)NCCCN(C)CC(F)(F)F. The second kappa shape index (κ2) is 6.60. The summed E-state index contributed by atoms with van der Waals surface area (Å²) >= 11 is 0. The highest BCUT2D eigenvalue weighted by Crippen LogP contribution is 2.15. The van der Waals surface area contributed by atoms with Crippen LogP contribution in [-0.4, -0.2) is 43.7 Å². The average Bonchev–Trinajstić information content (AvgIpc) is 2.68. The van der Waals surface area contributed by atoms with Crippen LogP contribution in [0.5, 0.6) is 0 Å². The van der Waals surface area contributed by atoms with Gasteiger partial charge < -0.3 is 9.73 Å². The van der Waals surface area contributed by atoms with Gasteiger partial charge in [-0.1, -0.05) is 0 Å². The van der Waals surface area contributed by atoms with Crippen LogP contribution < -0.4 is 5.32 Å². The highest BCUT2D eigenvalue weighted by molar-refractivity contribution is 5.94. The number of nitrogens with one attached hydrogen (secondary N) is 1. The summed E-state index contributed by atoms with van der Waals surface area (Å²) in [7, 11) is 1.40. The van der Waals surface area contributed by atoms with Crippen LogP contribution in [0.1, 0.15) is 22.5 Å². The zero-order valence-corrected chi connectivity index (χ0v) is 10.9. The van der Waals surface area contributed by atoms with Crippen molar-refractivity contribution in [2.24, 2.45) is 0 Å². The Balaban J connectivity index is 2.21. The fourth-order valence-electron chi connectivity index (χ4n) is 1.65. The molecule has 1 rings (SSSR count). The van der Waals surface area contributed by atoms with Crippen molar-refractivity contribution in [1.82, 2.24) is 10.2 Å². The molecule has 0 saturated heterocycles. The van der Waals surface area contributed by atoms with Gasteiger partial charge in [0.2, 0.25) is 0 Å². The molecule has 0 spiro atoms. The maximum atomic E-state index is 12.1. The number of nitrogens with zero attached hydrogens (tertiary/aromatic N) is 1. The van der Waals surface area contributed by atoms with E-state index >= 15 is 0 Å². The first-order chi connectivity index (χ1) is 8.79. The van der Waals surface area contributed by atoms with E-state index in [1.165, 1.54) is 18.2 Å². The lowest BCUT2D eigenvalue weighted by Gasteiger charge is -2.18. The normalized spacial score (nSPS) is 11.9. The molecule has 0 aliphatic heterocycles. The molecule has 19 heavy (non-hydrogen) atoms. The Kier molecular flexibility index (Phi) is 5.41. The predicted octanol–water partition coefficient (Wildman–Crippen LogP) is 2.20. The monoisotopic (exact) mass is 278 g/mol. The first-order valence-electron chi connectivity index (χ1n) is 5.87. The topological polar surface area (TPSA) is 45.5 Å². The minimum absolute atomic E-state index is 0.268. The Morgan fingerprint density at radius 1 is 1.47 bits per heavy atom. The number of hydrogen-bond donors (Lipinski definition) is 1. The second-order valence-electron chi connectivity index (χ2n) is 4.35. The van der Waals surface area contributed by atoms with E-state index in [1.54, 1.807) is 13.0 Å². The third-order valence-corrected chi connectivity index (χ3v) is 2.55. The summed E-state index contributed by atoms with van der Waals surface area (Å²) in [6, 6.07) is 1.56. The van der Waals surface area contributed by atoms with Gasteiger partial charge in [-0.3, -0.25) is 9.69 Å². The molecule has 0 aliphatic rings. The van der Waals surface area contributed by atoms with E-state index in [0.29, 0.717) is 24.3 Å². The number of aryl methyl sites for hydroxylation is 1. The lowest BCUT2D eigenvalue weighted by molar-refractivity contribution is -0.143. The van der Waals surface area contributed by atoms with E-state index in [4.69, 9.17) is 4.42 Å². The highest BCUT2D eigenvalue weighted by Gasteiger charge is 2.28. The minimum Gasteiger partial charge on any atom is -0.469 e. The van der Waals surface area contributed by atoms with Gasteiger partial charge in [0.15, 0.2) is 0 Å². The lowest BCUT2D eigenvalue weighted by atomic mass is 10.2. The molecule has 0 atom stereocenters. The fraction of sp³-hybridized carbons (Fsp3) is 0.583. The number of carbonyl (C=O) groups excluding carboxylic acids is 1. The van der Waals surface area contributed by atoms with Gasteiger partial charge in [-0.25, -0.2) is 0 Å². The van der Waals surface area contributed by atoms with Crippen molar-refractivity contribution in [2.45, 2.75) is 19.5 Å². The second-order valence-corrected chi connectivity index (χ2v) is 4.35. The number of amides is 1. The van der Waals surface area contributed by atoms with Crippen LogP contribution in [0, 0.1) is 6.92 Å². The summed E-state index contributed by atoms with van der Waals surface area (Å²) in [4.78, 5) is 12.8. The molecule has 0 radical (unpaired) electrons. The maximum absolute atomic E-state index is 12.1. The summed E-state index contributed by atoms with van der Waals surface area (Å²) in [5, 5.41) is 2.64. The van der Waals surface area contributed by atoms with Gasteiger partial charge in [-0.2, -0.15) is 13.2 Å². The van der Waals surface area contributed by atoms with Crippen molar-refractivity contribution < 1.29 is 22.4 Å². The van der Waals surface area contributed by atoms with E-state index in [1.807, 2.05) is 0 Å². The average molecular weight is 278 g/mol. The van der Waals surface area contributed by atoms with Crippen molar-refractivity contribution >= 4 is 5.91 Å². The Hall–Kier alpha value is -1.50. The van der Waals surface area contributed by atoms with E-state index in [2.05, 4.69) is 5.32 Å². The number of halogens is 3. The van der Waals surface area contributed by atoms with Crippen LogP contribution in [0.2, 0.25) is 0 Å². The number of rotatable bonds is 6. The molecule has 0 aromatic carbocycles. The summed E-state index contributed by atoms with van der Waals surface area (Å²) < 4.78 is 41.1. The molecule has 108 valence electrons. The standard InChI is InChI=1S/C12H17F3N2O2/c1-9-10(4-7-19-9)11(18)16-5-3-6-17(2)8-12(13,14)15/h4,7H,3,5-6,8H2,1-2H3,(H,16,18). The molecular formula is C12H17F3N2O2. The van der Waals surface area contributed by atoms with Crippen molar-refractivity contribution in [3.63, 3.8) is 0 Å². The molecule has 1 N–H and O–H groups in total. The summed E-state index contributed by atoms with van der Waals surface area (Å²) in [6.45, 7) is 1.32. The van der Waals surface area contributed by atoms with Gasteiger partial charge in [0.1, 0.15) is 5.76 Å². The minimum atomic E-state index is -4.19. The molecule has 0 bridgehead atoms. The highest BCUT2D eigenvalue weighted by atomic mass is 19.4. The van der Waals surface area contributed by atoms with Crippen LogP contribution in [0.25, 0.3) is 0 Å². The van der Waals surface area contributed by atoms with Gasteiger partial charge in [-0.05, 0) is 33.0 Å². The van der Waals surface area contributed by atoms with Crippen LogP contribution in [-0.2, 0) is 0 Å². The Bertz CT molecular complexity index is 415. The molecule has 0 unspecified atom stereocenters. The third kappa shape index (κ3) is 5.78. The largest absolute Gasteiger partial charge is 0.469 e. The number of carbonyl (C=O) groups is 1. The molecule has 1 aromatic heterocycles. The molecule has 1 amide bonds. The molecule has 0 fully saturated rings. The quantitative estimate of drug-likeness (QED) is 0.811. The Labute approximate surface area is 109 Å². The number of hydrogen-bond acceptors (Lipinski definition) is 3. The van der Waals surface area contributed by atoms with Gasteiger partial charge in [0, 0.05) is 6.54 Å². The van der Waals surface area contributed by atoms with Gasteiger partial charge >= 0.3 is 6.18 Å². The van der Waals surface area contributed by atoms with Gasteiger partial charge in [-0.15, -0.1) is 0 Å². The zero-order chi connectivity index (χ0) is 14.5. The first-order valence-corrected chi connectivity index (χ1v) is 5.87.